The van der Waals surface area contributed by atoms with E-state index in [4.69, 9.17) is 9.84 Å². The summed E-state index contributed by atoms with van der Waals surface area (Å²) >= 11 is 0. The number of ether oxygens (including phenoxy) is 1. The first-order valence-corrected chi connectivity index (χ1v) is 6.64. The third-order valence-corrected chi connectivity index (χ3v) is 3.28. The molecule has 1 saturated heterocycles. The minimum atomic E-state index is -1.09. The average molecular weight is 296 g/mol. The first-order valence-electron chi connectivity index (χ1n) is 6.64. The van der Waals surface area contributed by atoms with Gasteiger partial charge in [-0.3, -0.25) is 4.79 Å². The van der Waals surface area contributed by atoms with Gasteiger partial charge in [-0.15, -0.1) is 0 Å². The van der Waals surface area contributed by atoms with Gasteiger partial charge in [0.15, 0.2) is 0 Å². The van der Waals surface area contributed by atoms with E-state index in [0.717, 1.165) is 5.69 Å². The van der Waals surface area contributed by atoms with Crippen molar-refractivity contribution >= 4 is 17.6 Å². The highest BCUT2D eigenvalue weighted by Crippen LogP contribution is 2.16. The molecule has 1 fully saturated rings. The Morgan fingerprint density at radius 2 is 1.71 bits per heavy atom. The maximum atomic E-state index is 12.9. The first-order chi connectivity index (χ1) is 10.1. The van der Waals surface area contributed by atoms with Crippen LogP contribution in [-0.2, 0) is 14.3 Å². The fourth-order valence-electron chi connectivity index (χ4n) is 2.18. The van der Waals surface area contributed by atoms with Crippen molar-refractivity contribution in [2.24, 2.45) is 0 Å². The van der Waals surface area contributed by atoms with Crippen LogP contribution < -0.4 is 4.90 Å². The molecule has 1 aromatic carbocycles. The highest BCUT2D eigenvalue weighted by molar-refractivity contribution is 5.78. The van der Waals surface area contributed by atoms with E-state index in [1.165, 1.54) is 12.1 Å². The molecule has 0 aliphatic carbocycles. The van der Waals surface area contributed by atoms with E-state index < -0.39 is 12.6 Å². The smallest absolute Gasteiger partial charge is 0.329 e. The Labute approximate surface area is 121 Å². The zero-order valence-electron chi connectivity index (χ0n) is 11.5. The number of hydrogen-bond donors (Lipinski definition) is 1. The summed E-state index contributed by atoms with van der Waals surface area (Å²) in [6.07, 6.45) is 0. The van der Waals surface area contributed by atoms with Crippen LogP contribution in [0.2, 0.25) is 0 Å². The summed E-state index contributed by atoms with van der Waals surface area (Å²) < 4.78 is 17.7. The second-order valence-electron chi connectivity index (χ2n) is 4.73. The van der Waals surface area contributed by atoms with Crippen LogP contribution in [-0.4, -0.2) is 61.3 Å². The Morgan fingerprint density at radius 1 is 1.10 bits per heavy atom. The monoisotopic (exact) mass is 296 g/mol. The summed E-state index contributed by atoms with van der Waals surface area (Å²) in [5.74, 6) is -1.58. The number of rotatable bonds is 5. The maximum absolute atomic E-state index is 12.9. The molecule has 0 bridgehead atoms. The minimum absolute atomic E-state index is 0.213. The Kier molecular flexibility index (Phi) is 5.10. The lowest BCUT2D eigenvalue weighted by Gasteiger charge is -2.36. The third-order valence-electron chi connectivity index (χ3n) is 3.28. The van der Waals surface area contributed by atoms with E-state index in [1.54, 1.807) is 17.0 Å². The summed E-state index contributed by atoms with van der Waals surface area (Å²) in [6.45, 7) is 1.68. The molecule has 1 aliphatic heterocycles. The van der Waals surface area contributed by atoms with Crippen LogP contribution in [0.3, 0.4) is 0 Å². The van der Waals surface area contributed by atoms with Crippen molar-refractivity contribution in [3.63, 3.8) is 0 Å². The molecule has 1 aliphatic rings. The fraction of sp³-hybridized carbons (Fsp3) is 0.429. The molecule has 0 aromatic heterocycles. The Balaban J connectivity index is 1.78. The number of anilines is 1. The quantitative estimate of drug-likeness (QED) is 0.860. The van der Waals surface area contributed by atoms with Crippen molar-refractivity contribution in [2.75, 3.05) is 44.3 Å². The van der Waals surface area contributed by atoms with Crippen LogP contribution >= 0.6 is 0 Å². The van der Waals surface area contributed by atoms with Crippen LogP contribution in [0.25, 0.3) is 0 Å². The van der Waals surface area contributed by atoms with Crippen LogP contribution in [0.1, 0.15) is 0 Å². The van der Waals surface area contributed by atoms with Crippen LogP contribution in [0, 0.1) is 5.82 Å². The number of amides is 1. The number of aliphatic carboxylic acids is 1. The van der Waals surface area contributed by atoms with Crippen LogP contribution in [0.15, 0.2) is 24.3 Å². The predicted molar refractivity (Wildman–Crippen MR) is 73.6 cm³/mol. The summed E-state index contributed by atoms with van der Waals surface area (Å²) in [4.78, 5) is 25.8. The van der Waals surface area contributed by atoms with E-state index in [2.05, 4.69) is 4.90 Å². The molecule has 21 heavy (non-hydrogen) atoms. The van der Waals surface area contributed by atoms with Gasteiger partial charge in [0.05, 0.1) is 0 Å². The van der Waals surface area contributed by atoms with E-state index in [1.807, 2.05) is 0 Å². The topological polar surface area (TPSA) is 70.1 Å². The van der Waals surface area contributed by atoms with E-state index in [-0.39, 0.29) is 18.3 Å². The molecule has 2 rings (SSSR count). The van der Waals surface area contributed by atoms with Crippen molar-refractivity contribution in [2.45, 2.75) is 0 Å². The average Bonchev–Trinajstić information content (AvgIpc) is 2.48. The van der Waals surface area contributed by atoms with Crippen molar-refractivity contribution in [3.05, 3.63) is 30.1 Å². The first kappa shape index (κ1) is 15.2. The second kappa shape index (κ2) is 7.03. The maximum Gasteiger partial charge on any atom is 0.329 e. The van der Waals surface area contributed by atoms with E-state index >= 15 is 0 Å². The van der Waals surface area contributed by atoms with Gasteiger partial charge in [0.1, 0.15) is 19.0 Å². The molecule has 114 valence electrons. The second-order valence-corrected chi connectivity index (χ2v) is 4.73. The Hall–Kier alpha value is -2.15. The molecular weight excluding hydrogens is 279 g/mol. The van der Waals surface area contributed by atoms with Gasteiger partial charge in [-0.1, -0.05) is 0 Å². The number of benzene rings is 1. The molecule has 6 nitrogen and oxygen atoms in total. The molecule has 0 atom stereocenters. The number of carboxylic acids is 1. The predicted octanol–water partition coefficient (Wildman–Crippen LogP) is 0.575. The van der Waals surface area contributed by atoms with Crippen LogP contribution in [0.4, 0.5) is 10.1 Å². The summed E-state index contributed by atoms with van der Waals surface area (Å²) in [5, 5.41) is 8.43. The van der Waals surface area contributed by atoms with Gasteiger partial charge >= 0.3 is 5.97 Å². The Morgan fingerprint density at radius 3 is 2.29 bits per heavy atom. The number of carboxylic acid groups (broad SMARTS) is 1. The van der Waals surface area contributed by atoms with Gasteiger partial charge in [0, 0.05) is 31.9 Å². The molecule has 7 heteroatoms. The highest BCUT2D eigenvalue weighted by Gasteiger charge is 2.21. The summed E-state index contributed by atoms with van der Waals surface area (Å²) in [7, 11) is 0. The van der Waals surface area contributed by atoms with Gasteiger partial charge < -0.3 is 19.6 Å². The number of piperazine rings is 1. The highest BCUT2D eigenvalue weighted by atomic mass is 19.1. The fourth-order valence-corrected chi connectivity index (χ4v) is 2.18. The standard InChI is InChI=1S/C14H17FN2O4/c15-11-1-3-12(4-2-11)16-5-7-17(8-6-16)13(18)9-21-10-14(19)20/h1-4H,5-10H2,(H,19,20). The molecule has 1 aromatic rings. The zero-order valence-corrected chi connectivity index (χ0v) is 11.5. The lowest BCUT2D eigenvalue weighted by Crippen LogP contribution is -2.49. The number of carbonyl (C=O) groups excluding carboxylic acids is 1. The lowest BCUT2D eigenvalue weighted by molar-refractivity contribution is -0.145. The van der Waals surface area contributed by atoms with Gasteiger partial charge in [-0.25, -0.2) is 9.18 Å². The number of carbonyl (C=O) groups is 2. The zero-order chi connectivity index (χ0) is 15.2. The van der Waals surface area contributed by atoms with E-state index in [9.17, 15) is 14.0 Å². The molecule has 1 amide bonds. The third kappa shape index (κ3) is 4.42. The van der Waals surface area contributed by atoms with Crippen LogP contribution in [0.5, 0.6) is 0 Å². The largest absolute Gasteiger partial charge is 0.480 e. The molecule has 0 spiro atoms. The number of halogens is 1. The SMILES string of the molecule is O=C(O)COCC(=O)N1CCN(c2ccc(F)cc2)CC1. The van der Waals surface area contributed by atoms with Gasteiger partial charge in [-0.05, 0) is 24.3 Å². The molecule has 0 saturated carbocycles. The molecule has 1 N–H and O–H groups in total. The van der Waals surface area contributed by atoms with Crippen molar-refractivity contribution in [3.8, 4) is 0 Å². The lowest BCUT2D eigenvalue weighted by atomic mass is 10.2. The number of hydrogen-bond acceptors (Lipinski definition) is 4. The van der Waals surface area contributed by atoms with Gasteiger partial charge in [0.25, 0.3) is 0 Å². The van der Waals surface area contributed by atoms with Crippen molar-refractivity contribution in [1.82, 2.24) is 4.90 Å². The van der Waals surface area contributed by atoms with Crippen molar-refractivity contribution in [1.29, 1.82) is 0 Å². The number of nitrogens with zero attached hydrogens (tertiary/aromatic N) is 2. The Bertz CT molecular complexity index is 498. The summed E-state index contributed by atoms with van der Waals surface area (Å²) in [6, 6.07) is 6.24. The van der Waals surface area contributed by atoms with Gasteiger partial charge in [0.2, 0.25) is 5.91 Å². The molecule has 1 heterocycles. The molecule has 0 unspecified atom stereocenters. The minimum Gasteiger partial charge on any atom is -0.480 e. The van der Waals surface area contributed by atoms with Crippen molar-refractivity contribution < 1.29 is 23.8 Å². The molecule has 0 radical (unpaired) electrons. The van der Waals surface area contributed by atoms with E-state index in [0.29, 0.717) is 26.2 Å². The normalized spacial score (nSPS) is 15.1. The molecular formula is C14H17FN2O4. The van der Waals surface area contributed by atoms with Gasteiger partial charge in [-0.2, -0.15) is 0 Å². The summed E-state index contributed by atoms with van der Waals surface area (Å²) in [5.41, 5.74) is 0.922.